The zero-order chi connectivity index (χ0) is 11.4. The van der Waals surface area contributed by atoms with Crippen LogP contribution in [0.1, 0.15) is 16.7 Å². The first kappa shape index (κ1) is 11.3. The molecule has 0 aliphatic carbocycles. The molecule has 2 aromatic rings. The second-order valence-corrected chi connectivity index (χ2v) is 5.70. The molecule has 0 N–H and O–H groups in total. The molecule has 1 nitrogen and oxygen atoms in total. The van der Waals surface area contributed by atoms with Gasteiger partial charge in [0.1, 0.15) is 0 Å². The molecule has 0 aliphatic heterocycles. The molecule has 0 fully saturated rings. The molecule has 0 unspecified atom stereocenters. The summed E-state index contributed by atoms with van der Waals surface area (Å²) in [7, 11) is 0. The summed E-state index contributed by atoms with van der Waals surface area (Å²) >= 11 is 3.61. The van der Waals surface area contributed by atoms with Gasteiger partial charge in [-0.15, -0.1) is 23.1 Å². The van der Waals surface area contributed by atoms with E-state index in [1.807, 2.05) is 23.9 Å². The molecule has 1 heterocycles. The van der Waals surface area contributed by atoms with Gasteiger partial charge in [0, 0.05) is 5.75 Å². The van der Waals surface area contributed by atoms with Gasteiger partial charge in [0.15, 0.2) is 0 Å². The maximum absolute atomic E-state index is 8.78. The van der Waals surface area contributed by atoms with Crippen LogP contribution < -0.4 is 0 Å². The molecule has 0 amide bonds. The van der Waals surface area contributed by atoms with Crippen LogP contribution in [-0.4, -0.2) is 0 Å². The first-order chi connectivity index (χ1) is 7.79. The molecule has 16 heavy (non-hydrogen) atoms. The van der Waals surface area contributed by atoms with Crippen molar-refractivity contribution in [3.05, 3.63) is 52.4 Å². The first-order valence-electron chi connectivity index (χ1n) is 4.95. The Labute approximate surface area is 104 Å². The molecule has 0 spiro atoms. The molecule has 1 aromatic carbocycles. The van der Waals surface area contributed by atoms with Crippen molar-refractivity contribution in [2.75, 3.05) is 0 Å². The van der Waals surface area contributed by atoms with E-state index in [9.17, 15) is 0 Å². The Morgan fingerprint density at radius 2 is 2.25 bits per heavy atom. The SMILES string of the molecule is Cc1cc(C#N)ccc1CSc1cccs1. The van der Waals surface area contributed by atoms with E-state index in [-0.39, 0.29) is 0 Å². The van der Waals surface area contributed by atoms with Gasteiger partial charge in [0.05, 0.1) is 15.8 Å². The summed E-state index contributed by atoms with van der Waals surface area (Å²) in [6.45, 7) is 2.06. The molecule has 3 heteroatoms. The van der Waals surface area contributed by atoms with Crippen LogP contribution in [0.2, 0.25) is 0 Å². The third kappa shape index (κ3) is 2.66. The molecule has 0 bridgehead atoms. The van der Waals surface area contributed by atoms with E-state index in [0.717, 1.165) is 11.3 Å². The van der Waals surface area contributed by atoms with Crippen molar-refractivity contribution in [2.24, 2.45) is 0 Å². The van der Waals surface area contributed by atoms with Crippen LogP contribution in [0.15, 0.2) is 39.9 Å². The van der Waals surface area contributed by atoms with Crippen molar-refractivity contribution in [3.63, 3.8) is 0 Å². The monoisotopic (exact) mass is 245 g/mol. The van der Waals surface area contributed by atoms with Crippen molar-refractivity contribution >= 4 is 23.1 Å². The number of thioether (sulfide) groups is 1. The Balaban J connectivity index is 2.08. The summed E-state index contributed by atoms with van der Waals surface area (Å²) in [5, 5.41) is 10.9. The molecular formula is C13H11NS2. The van der Waals surface area contributed by atoms with E-state index in [4.69, 9.17) is 5.26 Å². The van der Waals surface area contributed by atoms with Crippen molar-refractivity contribution in [1.82, 2.24) is 0 Å². The average molecular weight is 245 g/mol. The second kappa shape index (κ2) is 5.20. The van der Waals surface area contributed by atoms with E-state index in [1.54, 1.807) is 11.3 Å². The highest BCUT2D eigenvalue weighted by atomic mass is 32.2. The molecular weight excluding hydrogens is 234 g/mol. The molecule has 0 radical (unpaired) electrons. The molecule has 80 valence electrons. The first-order valence-corrected chi connectivity index (χ1v) is 6.82. The Bertz CT molecular complexity index is 509. The second-order valence-electron chi connectivity index (χ2n) is 3.47. The summed E-state index contributed by atoms with van der Waals surface area (Å²) in [5.41, 5.74) is 3.24. The Hall–Kier alpha value is -1.24. The fourth-order valence-electron chi connectivity index (χ4n) is 1.42. The molecule has 0 atom stereocenters. The summed E-state index contributed by atoms with van der Waals surface area (Å²) in [6.07, 6.45) is 0. The number of thiophene rings is 1. The number of nitriles is 1. The number of benzene rings is 1. The van der Waals surface area contributed by atoms with E-state index >= 15 is 0 Å². The van der Waals surface area contributed by atoms with Gasteiger partial charge >= 0.3 is 0 Å². The molecule has 1 aromatic heterocycles. The van der Waals surface area contributed by atoms with Gasteiger partial charge < -0.3 is 0 Å². The highest BCUT2D eigenvalue weighted by Gasteiger charge is 2.01. The average Bonchev–Trinajstić information content (AvgIpc) is 2.80. The van der Waals surface area contributed by atoms with Gasteiger partial charge in [-0.3, -0.25) is 0 Å². The summed E-state index contributed by atoms with van der Waals surface area (Å²) in [4.78, 5) is 0. The maximum Gasteiger partial charge on any atom is 0.0991 e. The number of aryl methyl sites for hydroxylation is 1. The van der Waals surface area contributed by atoms with Crippen LogP contribution in [0.4, 0.5) is 0 Å². The van der Waals surface area contributed by atoms with Crippen molar-refractivity contribution in [2.45, 2.75) is 16.9 Å². The van der Waals surface area contributed by atoms with Gasteiger partial charge in [-0.1, -0.05) is 12.1 Å². The van der Waals surface area contributed by atoms with Crippen LogP contribution in [0.5, 0.6) is 0 Å². The van der Waals surface area contributed by atoms with E-state index in [2.05, 4.69) is 36.6 Å². The number of hydrogen-bond acceptors (Lipinski definition) is 3. The van der Waals surface area contributed by atoms with E-state index in [1.165, 1.54) is 15.3 Å². The largest absolute Gasteiger partial charge is 0.192 e. The van der Waals surface area contributed by atoms with Gasteiger partial charge in [-0.2, -0.15) is 5.26 Å². The van der Waals surface area contributed by atoms with Gasteiger partial charge in [0.25, 0.3) is 0 Å². The predicted molar refractivity (Wildman–Crippen MR) is 69.8 cm³/mol. The van der Waals surface area contributed by atoms with E-state index in [0.29, 0.717) is 0 Å². The number of nitrogens with zero attached hydrogens (tertiary/aromatic N) is 1. The summed E-state index contributed by atoms with van der Waals surface area (Å²) in [5.74, 6) is 0.970. The van der Waals surface area contributed by atoms with Gasteiger partial charge in [0.2, 0.25) is 0 Å². The predicted octanol–water partition coefficient (Wildman–Crippen LogP) is 4.22. The smallest absolute Gasteiger partial charge is 0.0991 e. The lowest BCUT2D eigenvalue weighted by molar-refractivity contribution is 1.29. The van der Waals surface area contributed by atoms with Crippen molar-refractivity contribution < 1.29 is 0 Å². The standard InChI is InChI=1S/C13H11NS2/c1-10-7-11(8-14)4-5-12(10)9-16-13-3-2-6-15-13/h2-7H,9H2,1H3. The highest BCUT2D eigenvalue weighted by molar-refractivity contribution is 8.00. The minimum atomic E-state index is 0.738. The lowest BCUT2D eigenvalue weighted by atomic mass is 10.1. The molecule has 0 aliphatic rings. The Morgan fingerprint density at radius 3 is 2.88 bits per heavy atom. The minimum Gasteiger partial charge on any atom is -0.192 e. The van der Waals surface area contributed by atoms with Gasteiger partial charge in [-0.05, 0) is 41.6 Å². The van der Waals surface area contributed by atoms with Crippen LogP contribution in [0.25, 0.3) is 0 Å². The highest BCUT2D eigenvalue weighted by Crippen LogP contribution is 2.28. The quantitative estimate of drug-likeness (QED) is 0.756. The summed E-state index contributed by atoms with van der Waals surface area (Å²) < 4.78 is 1.34. The minimum absolute atomic E-state index is 0.738. The third-order valence-electron chi connectivity index (χ3n) is 2.34. The lowest BCUT2D eigenvalue weighted by Gasteiger charge is -2.04. The van der Waals surface area contributed by atoms with Crippen molar-refractivity contribution in [3.8, 4) is 6.07 Å². The zero-order valence-corrected chi connectivity index (χ0v) is 10.6. The molecule has 0 saturated heterocycles. The lowest BCUT2D eigenvalue weighted by Crippen LogP contribution is -1.87. The third-order valence-corrected chi connectivity index (χ3v) is 4.52. The normalized spacial score (nSPS) is 10.0. The number of rotatable bonds is 3. The van der Waals surface area contributed by atoms with Crippen LogP contribution >= 0.6 is 23.1 Å². The Kier molecular flexibility index (Phi) is 3.66. The van der Waals surface area contributed by atoms with Gasteiger partial charge in [-0.25, -0.2) is 0 Å². The fraction of sp³-hybridized carbons (Fsp3) is 0.154. The number of hydrogen-bond donors (Lipinski definition) is 0. The van der Waals surface area contributed by atoms with Crippen molar-refractivity contribution in [1.29, 1.82) is 5.26 Å². The molecule has 2 rings (SSSR count). The fourth-order valence-corrected chi connectivity index (χ4v) is 3.28. The summed E-state index contributed by atoms with van der Waals surface area (Å²) in [6, 6.07) is 12.2. The van der Waals surface area contributed by atoms with Crippen LogP contribution in [0.3, 0.4) is 0 Å². The van der Waals surface area contributed by atoms with Crippen LogP contribution in [0, 0.1) is 18.3 Å². The van der Waals surface area contributed by atoms with E-state index < -0.39 is 0 Å². The zero-order valence-electron chi connectivity index (χ0n) is 8.93. The topological polar surface area (TPSA) is 23.8 Å². The van der Waals surface area contributed by atoms with Crippen LogP contribution in [-0.2, 0) is 5.75 Å². The Morgan fingerprint density at radius 1 is 1.38 bits per heavy atom. The molecule has 0 saturated carbocycles. The maximum atomic E-state index is 8.78.